The zero-order valence-corrected chi connectivity index (χ0v) is 18.6. The molecule has 1 aliphatic rings. The first-order valence-electron chi connectivity index (χ1n) is 10.4. The molecule has 0 fully saturated rings. The van der Waals surface area contributed by atoms with Gasteiger partial charge in [0.15, 0.2) is 11.9 Å². The van der Waals surface area contributed by atoms with E-state index >= 15 is 0 Å². The highest BCUT2D eigenvalue weighted by Gasteiger charge is 2.53. The van der Waals surface area contributed by atoms with Crippen LogP contribution in [-0.4, -0.2) is 54.5 Å². The van der Waals surface area contributed by atoms with Gasteiger partial charge in [0.1, 0.15) is 17.5 Å². The summed E-state index contributed by atoms with van der Waals surface area (Å²) in [7, 11) is 2.97. The van der Waals surface area contributed by atoms with Crippen LogP contribution in [0.5, 0.6) is 5.75 Å². The number of rotatable bonds is 6. The summed E-state index contributed by atoms with van der Waals surface area (Å²) in [6.07, 6.45) is -2.04. The van der Waals surface area contributed by atoms with Gasteiger partial charge in [0, 0.05) is 36.4 Å². The molecule has 2 aromatic carbocycles. The lowest BCUT2D eigenvalue weighted by Crippen LogP contribution is -2.60. The molecule has 0 saturated heterocycles. The number of esters is 1. The molecule has 1 aliphatic heterocycles. The third kappa shape index (κ3) is 3.40. The maximum Gasteiger partial charge on any atom is 0.354 e. The number of carbonyl (C=O) groups is 1. The molecule has 0 bridgehead atoms. The maximum absolute atomic E-state index is 12.9. The van der Waals surface area contributed by atoms with Gasteiger partial charge in [-0.1, -0.05) is 18.2 Å². The first-order valence-corrected chi connectivity index (χ1v) is 10.4. The summed E-state index contributed by atoms with van der Waals surface area (Å²) in [5, 5.41) is 12.6. The molecule has 32 heavy (non-hydrogen) atoms. The second-order valence-corrected chi connectivity index (χ2v) is 7.96. The van der Waals surface area contributed by atoms with Gasteiger partial charge in [-0.3, -0.25) is 0 Å². The van der Waals surface area contributed by atoms with Crippen LogP contribution in [0.4, 0.5) is 5.69 Å². The molecular formula is C24H28N2O6. The maximum atomic E-state index is 12.9. The second kappa shape index (κ2) is 8.46. The predicted molar refractivity (Wildman–Crippen MR) is 120 cm³/mol. The number of ether oxygens (including phenoxy) is 4. The van der Waals surface area contributed by atoms with E-state index in [4.69, 9.17) is 24.7 Å². The Labute approximate surface area is 186 Å². The molecule has 3 atom stereocenters. The predicted octanol–water partition coefficient (Wildman–Crippen LogP) is 3.12. The third-order valence-corrected chi connectivity index (χ3v) is 5.98. The number of methoxy groups -OCH3 is 2. The van der Waals surface area contributed by atoms with Crippen LogP contribution < -0.4 is 10.5 Å². The minimum atomic E-state index is -1.28. The highest BCUT2D eigenvalue weighted by Crippen LogP contribution is 2.46. The Bertz CT molecular complexity index is 1140. The minimum absolute atomic E-state index is 0.230. The van der Waals surface area contributed by atoms with Crippen molar-refractivity contribution in [3.05, 3.63) is 59.8 Å². The SMILES string of the molecule is CCOC(=O)c1cc2ccccc2n1[C@H]1c2cc(N)ccc2O[C@](C)(C(OC)OC)[C@H]1O. The molecule has 3 aromatic rings. The Morgan fingerprint density at radius 1 is 1.22 bits per heavy atom. The van der Waals surface area contributed by atoms with Gasteiger partial charge in [-0.15, -0.1) is 0 Å². The van der Waals surface area contributed by atoms with Gasteiger partial charge < -0.3 is 34.4 Å². The smallest absolute Gasteiger partial charge is 0.354 e. The van der Waals surface area contributed by atoms with Gasteiger partial charge in [-0.2, -0.15) is 0 Å². The number of nitrogen functional groups attached to an aromatic ring is 1. The van der Waals surface area contributed by atoms with Crippen molar-refractivity contribution in [2.24, 2.45) is 0 Å². The van der Waals surface area contributed by atoms with E-state index in [1.807, 2.05) is 24.3 Å². The number of benzene rings is 2. The third-order valence-electron chi connectivity index (χ3n) is 5.98. The molecule has 0 radical (unpaired) electrons. The Hall–Kier alpha value is -3.07. The van der Waals surface area contributed by atoms with Crippen molar-refractivity contribution >= 4 is 22.6 Å². The van der Waals surface area contributed by atoms with Crippen LogP contribution in [0.1, 0.15) is 35.9 Å². The Morgan fingerprint density at radius 2 is 1.94 bits per heavy atom. The molecule has 1 aromatic heterocycles. The topological polar surface area (TPSA) is 105 Å². The number of carbonyl (C=O) groups excluding carboxylic acids is 1. The van der Waals surface area contributed by atoms with Gasteiger partial charge in [-0.05, 0) is 44.2 Å². The minimum Gasteiger partial charge on any atom is -0.479 e. The van der Waals surface area contributed by atoms with Gasteiger partial charge in [0.05, 0.1) is 12.6 Å². The van der Waals surface area contributed by atoms with E-state index < -0.39 is 30.0 Å². The Kier molecular flexibility index (Phi) is 5.85. The molecule has 4 rings (SSSR count). The van der Waals surface area contributed by atoms with Crippen molar-refractivity contribution in [3.8, 4) is 5.75 Å². The standard InChI is InChI=1S/C24H28N2O6/c1-5-31-22(28)18-12-14-8-6-7-9-17(14)26(18)20-16-13-15(25)10-11-19(16)32-24(2,21(20)27)23(29-3)30-4/h6-13,20-21,23,27H,5,25H2,1-4H3/t20-,21-,24-/m0/s1. The van der Waals surface area contributed by atoms with E-state index in [1.165, 1.54) is 14.2 Å². The molecule has 3 N–H and O–H groups in total. The van der Waals surface area contributed by atoms with Gasteiger partial charge in [-0.25, -0.2) is 4.79 Å². The molecule has 0 saturated carbocycles. The van der Waals surface area contributed by atoms with Crippen molar-refractivity contribution in [2.45, 2.75) is 37.9 Å². The summed E-state index contributed by atoms with van der Waals surface area (Å²) in [5.41, 5.74) is 7.06. The van der Waals surface area contributed by atoms with Crippen LogP contribution in [0, 0.1) is 0 Å². The Morgan fingerprint density at radius 3 is 2.62 bits per heavy atom. The highest BCUT2D eigenvalue weighted by molar-refractivity contribution is 5.96. The average Bonchev–Trinajstić information content (AvgIpc) is 3.16. The number of fused-ring (bicyclic) bond motifs is 2. The average molecular weight is 440 g/mol. The number of aliphatic hydroxyl groups excluding tert-OH is 1. The molecule has 0 amide bonds. The lowest BCUT2D eigenvalue weighted by atomic mass is 9.84. The molecule has 8 heteroatoms. The van der Waals surface area contributed by atoms with E-state index in [-0.39, 0.29) is 6.61 Å². The van der Waals surface area contributed by atoms with Crippen LogP contribution in [-0.2, 0) is 14.2 Å². The number of nitrogens with two attached hydrogens (primary N) is 1. The molecule has 8 nitrogen and oxygen atoms in total. The van der Waals surface area contributed by atoms with Gasteiger partial charge in [0.25, 0.3) is 0 Å². The first-order chi connectivity index (χ1) is 15.3. The highest BCUT2D eigenvalue weighted by atomic mass is 16.7. The molecular weight excluding hydrogens is 412 g/mol. The van der Waals surface area contributed by atoms with Crippen LogP contribution in [0.15, 0.2) is 48.5 Å². The lowest BCUT2D eigenvalue weighted by Gasteiger charge is -2.47. The van der Waals surface area contributed by atoms with Crippen molar-refractivity contribution in [1.29, 1.82) is 0 Å². The number of anilines is 1. The van der Waals surface area contributed by atoms with Crippen LogP contribution >= 0.6 is 0 Å². The van der Waals surface area contributed by atoms with E-state index in [0.29, 0.717) is 22.7 Å². The summed E-state index contributed by atoms with van der Waals surface area (Å²) < 4.78 is 24.3. The lowest BCUT2D eigenvalue weighted by molar-refractivity contribution is -0.238. The van der Waals surface area contributed by atoms with Crippen molar-refractivity contribution in [2.75, 3.05) is 26.6 Å². The number of aliphatic hydroxyl groups is 1. The van der Waals surface area contributed by atoms with E-state index in [1.54, 1.807) is 42.7 Å². The number of aromatic nitrogens is 1. The number of nitrogens with zero attached hydrogens (tertiary/aromatic N) is 1. The van der Waals surface area contributed by atoms with E-state index in [0.717, 1.165) is 10.9 Å². The summed E-state index contributed by atoms with van der Waals surface area (Å²) in [6, 6.07) is 13.8. The van der Waals surface area contributed by atoms with Crippen LogP contribution in [0.25, 0.3) is 10.9 Å². The van der Waals surface area contributed by atoms with Gasteiger partial charge >= 0.3 is 5.97 Å². The zero-order chi connectivity index (χ0) is 23.0. The van der Waals surface area contributed by atoms with Gasteiger partial charge in [0.2, 0.25) is 0 Å². The fraction of sp³-hybridized carbons (Fsp3) is 0.375. The number of hydrogen-bond acceptors (Lipinski definition) is 7. The molecule has 0 aliphatic carbocycles. The summed E-state index contributed by atoms with van der Waals surface area (Å²) in [5.74, 6) is 0.0354. The fourth-order valence-electron chi connectivity index (χ4n) is 4.54. The summed E-state index contributed by atoms with van der Waals surface area (Å²) >= 11 is 0. The summed E-state index contributed by atoms with van der Waals surface area (Å²) in [6.45, 7) is 3.70. The van der Waals surface area contributed by atoms with Crippen LogP contribution in [0.2, 0.25) is 0 Å². The first kappa shape index (κ1) is 22.1. The molecule has 0 spiro atoms. The molecule has 2 heterocycles. The quantitative estimate of drug-likeness (QED) is 0.345. The largest absolute Gasteiger partial charge is 0.479 e. The Balaban J connectivity index is 2.01. The number of para-hydroxylation sites is 1. The normalized spacial score (nSPS) is 22.6. The molecule has 170 valence electrons. The van der Waals surface area contributed by atoms with Crippen molar-refractivity contribution in [3.63, 3.8) is 0 Å². The van der Waals surface area contributed by atoms with Crippen LogP contribution in [0.3, 0.4) is 0 Å². The summed E-state index contributed by atoms with van der Waals surface area (Å²) in [4.78, 5) is 12.9. The van der Waals surface area contributed by atoms with E-state index in [2.05, 4.69) is 0 Å². The van der Waals surface area contributed by atoms with Crippen molar-refractivity contribution < 1.29 is 28.8 Å². The van der Waals surface area contributed by atoms with E-state index in [9.17, 15) is 9.90 Å². The monoisotopic (exact) mass is 440 g/mol. The second-order valence-electron chi connectivity index (χ2n) is 7.96. The van der Waals surface area contributed by atoms with Crippen molar-refractivity contribution in [1.82, 2.24) is 4.57 Å². The number of hydrogen-bond donors (Lipinski definition) is 2. The molecule has 0 unspecified atom stereocenters. The fourth-order valence-corrected chi connectivity index (χ4v) is 4.54. The zero-order valence-electron chi connectivity index (χ0n) is 18.6.